The van der Waals surface area contributed by atoms with Gasteiger partial charge in [0.2, 0.25) is 11.8 Å². The van der Waals surface area contributed by atoms with Gasteiger partial charge in [0.15, 0.2) is 5.16 Å². The van der Waals surface area contributed by atoms with E-state index in [1.165, 1.54) is 64.9 Å². The molecule has 0 radical (unpaired) electrons. The molecule has 5 rings (SSSR count). The van der Waals surface area contributed by atoms with Crippen LogP contribution in [0.15, 0.2) is 87.2 Å². The highest BCUT2D eigenvalue weighted by molar-refractivity contribution is 7.99. The first-order chi connectivity index (χ1) is 18.3. The van der Waals surface area contributed by atoms with Crippen molar-refractivity contribution in [1.29, 1.82) is 0 Å². The molecule has 0 spiro atoms. The number of fused-ring (bicyclic) bond motifs is 1. The van der Waals surface area contributed by atoms with Crippen LogP contribution in [0.5, 0.6) is 5.75 Å². The van der Waals surface area contributed by atoms with Crippen LogP contribution in [0.3, 0.4) is 0 Å². The Kier molecular flexibility index (Phi) is 6.83. The van der Waals surface area contributed by atoms with Gasteiger partial charge in [-0.25, -0.2) is 4.98 Å². The number of hydrogen-bond acceptors (Lipinski definition) is 9. The van der Waals surface area contributed by atoms with Crippen molar-refractivity contribution in [3.05, 3.63) is 99.2 Å². The lowest BCUT2D eigenvalue weighted by Crippen LogP contribution is -2.22. The number of aromatic nitrogens is 4. The van der Waals surface area contributed by atoms with E-state index in [0.717, 1.165) is 0 Å². The second-order valence-corrected chi connectivity index (χ2v) is 9.24. The highest BCUT2D eigenvalue weighted by Crippen LogP contribution is 2.35. The Balaban J connectivity index is 1.49. The van der Waals surface area contributed by atoms with Crippen molar-refractivity contribution in [2.45, 2.75) is 23.9 Å². The number of thioether (sulfide) groups is 1. The summed E-state index contributed by atoms with van der Waals surface area (Å²) in [7, 11) is 0. The number of alkyl halides is 2. The van der Waals surface area contributed by atoms with Gasteiger partial charge in [0, 0.05) is 17.7 Å². The maximum Gasteiger partial charge on any atom is 0.387 e. The van der Waals surface area contributed by atoms with Gasteiger partial charge in [-0.15, -0.1) is 10.2 Å². The van der Waals surface area contributed by atoms with Crippen molar-refractivity contribution in [3.63, 3.8) is 0 Å². The predicted octanol–water partition coefficient (Wildman–Crippen LogP) is 5.80. The standard InChI is InChI=1S/C25H17F2N5O5S/c1-14(21-29-30-22(37-21)15-6-8-17(9-7-15)32(34)35)38-25-28-20-5-3-2-4-19(20)23(33)31(25)16-10-12-18(13-11-16)36-24(26)27/h2-14,24H,1H3/t14-/m1/s1. The summed E-state index contributed by atoms with van der Waals surface area (Å²) < 4.78 is 36.7. The summed E-state index contributed by atoms with van der Waals surface area (Å²) in [6.07, 6.45) is 0. The number of para-hydroxylation sites is 1. The van der Waals surface area contributed by atoms with E-state index < -0.39 is 16.8 Å². The van der Waals surface area contributed by atoms with Gasteiger partial charge in [-0.2, -0.15) is 8.78 Å². The quantitative estimate of drug-likeness (QED) is 0.104. The SMILES string of the molecule is C[C@@H](Sc1nc2ccccc2c(=O)n1-c1ccc(OC(F)F)cc1)c1nnc(-c2ccc([N+](=O)[O-])cc2)o1. The monoisotopic (exact) mass is 537 g/mol. The van der Waals surface area contributed by atoms with E-state index in [2.05, 4.69) is 19.9 Å². The van der Waals surface area contributed by atoms with E-state index in [9.17, 15) is 23.7 Å². The van der Waals surface area contributed by atoms with Gasteiger partial charge in [0.05, 0.1) is 26.8 Å². The van der Waals surface area contributed by atoms with Gasteiger partial charge in [-0.1, -0.05) is 23.9 Å². The summed E-state index contributed by atoms with van der Waals surface area (Å²) in [5.41, 5.74) is 0.995. The maximum absolute atomic E-state index is 13.5. The topological polar surface area (TPSA) is 126 Å². The minimum absolute atomic E-state index is 0.0437. The molecule has 0 aliphatic carbocycles. The lowest BCUT2D eigenvalue weighted by molar-refractivity contribution is -0.384. The van der Waals surface area contributed by atoms with Crippen LogP contribution in [-0.4, -0.2) is 31.3 Å². The molecule has 0 saturated heterocycles. The largest absolute Gasteiger partial charge is 0.435 e. The molecule has 0 aliphatic rings. The summed E-state index contributed by atoms with van der Waals surface area (Å²) in [4.78, 5) is 28.5. The van der Waals surface area contributed by atoms with Crippen LogP contribution in [0, 0.1) is 10.1 Å². The lowest BCUT2D eigenvalue weighted by Gasteiger charge is -2.15. The Morgan fingerprint density at radius 2 is 1.74 bits per heavy atom. The van der Waals surface area contributed by atoms with E-state index >= 15 is 0 Å². The molecule has 3 aromatic carbocycles. The van der Waals surface area contributed by atoms with E-state index in [0.29, 0.717) is 27.3 Å². The summed E-state index contributed by atoms with van der Waals surface area (Å²) in [5.74, 6) is 0.386. The fourth-order valence-corrected chi connectivity index (χ4v) is 4.60. The zero-order chi connectivity index (χ0) is 26.8. The van der Waals surface area contributed by atoms with Gasteiger partial charge in [-0.3, -0.25) is 19.5 Å². The van der Waals surface area contributed by atoms with Crippen LogP contribution in [0.1, 0.15) is 18.1 Å². The molecule has 13 heteroatoms. The summed E-state index contributed by atoms with van der Waals surface area (Å²) in [6, 6.07) is 18.2. The molecule has 0 saturated carbocycles. The van der Waals surface area contributed by atoms with Crippen LogP contribution < -0.4 is 10.3 Å². The minimum Gasteiger partial charge on any atom is -0.435 e. The molecule has 38 heavy (non-hydrogen) atoms. The average molecular weight is 538 g/mol. The molecule has 0 bridgehead atoms. The minimum atomic E-state index is -2.97. The molecule has 10 nitrogen and oxygen atoms in total. The summed E-state index contributed by atoms with van der Waals surface area (Å²) in [5, 5.41) is 19.3. The van der Waals surface area contributed by atoms with Crippen molar-refractivity contribution in [2.75, 3.05) is 0 Å². The number of non-ortho nitro benzene ring substituents is 1. The van der Waals surface area contributed by atoms with Gasteiger partial charge >= 0.3 is 6.61 Å². The van der Waals surface area contributed by atoms with Crippen molar-refractivity contribution < 1.29 is 22.9 Å². The van der Waals surface area contributed by atoms with Crippen LogP contribution in [0.4, 0.5) is 14.5 Å². The van der Waals surface area contributed by atoms with Crippen LogP contribution in [0.25, 0.3) is 28.0 Å². The molecule has 5 aromatic rings. The van der Waals surface area contributed by atoms with Crippen LogP contribution in [-0.2, 0) is 0 Å². The lowest BCUT2D eigenvalue weighted by atomic mass is 10.2. The Morgan fingerprint density at radius 1 is 1.03 bits per heavy atom. The highest BCUT2D eigenvalue weighted by atomic mass is 32.2. The number of rotatable bonds is 8. The molecule has 0 unspecified atom stereocenters. The molecule has 0 amide bonds. The molecule has 192 valence electrons. The Hall–Kier alpha value is -4.65. The number of halogens is 2. The van der Waals surface area contributed by atoms with Gasteiger partial charge in [0.1, 0.15) is 5.75 Å². The third kappa shape index (κ3) is 5.09. The molecular formula is C25H17F2N5O5S. The van der Waals surface area contributed by atoms with Crippen molar-refractivity contribution in [3.8, 4) is 22.9 Å². The molecule has 0 fully saturated rings. The van der Waals surface area contributed by atoms with Gasteiger partial charge in [-0.05, 0) is 55.5 Å². The zero-order valence-electron chi connectivity index (χ0n) is 19.5. The molecule has 0 aliphatic heterocycles. The maximum atomic E-state index is 13.5. The summed E-state index contributed by atoms with van der Waals surface area (Å²) >= 11 is 1.19. The van der Waals surface area contributed by atoms with Gasteiger partial charge in [0.25, 0.3) is 11.2 Å². The number of hydrogen-bond donors (Lipinski definition) is 0. The van der Waals surface area contributed by atoms with E-state index in [1.54, 1.807) is 31.2 Å². The second-order valence-electron chi connectivity index (χ2n) is 7.93. The van der Waals surface area contributed by atoms with E-state index in [-0.39, 0.29) is 28.8 Å². The normalized spacial score (nSPS) is 12.1. The molecule has 0 N–H and O–H groups in total. The molecule has 1 atom stereocenters. The Morgan fingerprint density at radius 3 is 2.42 bits per heavy atom. The second kappa shape index (κ2) is 10.4. The first-order valence-corrected chi connectivity index (χ1v) is 12.0. The van der Waals surface area contributed by atoms with Crippen molar-refractivity contribution in [2.24, 2.45) is 0 Å². The Bertz CT molecular complexity index is 1670. The van der Waals surface area contributed by atoms with Crippen molar-refractivity contribution in [1.82, 2.24) is 19.7 Å². The van der Waals surface area contributed by atoms with Crippen molar-refractivity contribution >= 4 is 28.4 Å². The van der Waals surface area contributed by atoms with E-state index in [4.69, 9.17) is 4.42 Å². The number of ether oxygens (including phenoxy) is 1. The third-order valence-electron chi connectivity index (χ3n) is 5.46. The first-order valence-electron chi connectivity index (χ1n) is 11.1. The van der Waals surface area contributed by atoms with Gasteiger partial charge < -0.3 is 9.15 Å². The number of nitro groups is 1. The van der Waals surface area contributed by atoms with E-state index in [1.807, 2.05) is 0 Å². The molecular weight excluding hydrogens is 520 g/mol. The smallest absolute Gasteiger partial charge is 0.387 e. The fourth-order valence-electron chi connectivity index (χ4n) is 3.65. The first kappa shape index (κ1) is 25.0. The van der Waals surface area contributed by atoms with Crippen LogP contribution >= 0.6 is 11.8 Å². The third-order valence-corrected chi connectivity index (χ3v) is 6.50. The number of nitro benzene ring substituents is 1. The average Bonchev–Trinajstić information content (AvgIpc) is 3.40. The molecule has 2 heterocycles. The summed E-state index contributed by atoms with van der Waals surface area (Å²) in [6.45, 7) is -1.17. The predicted molar refractivity (Wildman–Crippen MR) is 135 cm³/mol. The molecule has 2 aromatic heterocycles. The highest BCUT2D eigenvalue weighted by Gasteiger charge is 2.21. The number of nitrogens with zero attached hydrogens (tertiary/aromatic N) is 5. The zero-order valence-corrected chi connectivity index (χ0v) is 20.3. The number of benzene rings is 3. The Labute approximate surface area is 217 Å². The van der Waals surface area contributed by atoms with Crippen LogP contribution in [0.2, 0.25) is 0 Å². The fraction of sp³-hybridized carbons (Fsp3) is 0.120.